The van der Waals surface area contributed by atoms with Crippen molar-refractivity contribution in [2.24, 2.45) is 5.10 Å². The van der Waals surface area contributed by atoms with Crippen LogP contribution >= 0.6 is 0 Å². The van der Waals surface area contributed by atoms with Crippen molar-refractivity contribution in [2.75, 3.05) is 0 Å². The van der Waals surface area contributed by atoms with Gasteiger partial charge in [-0.15, -0.1) is 0 Å². The first-order valence-corrected chi connectivity index (χ1v) is 5.43. The summed E-state index contributed by atoms with van der Waals surface area (Å²) in [5.74, 6) is -1.08. The number of benzene rings is 1. The van der Waals surface area contributed by atoms with Crippen molar-refractivity contribution >= 4 is 18.0 Å². The van der Waals surface area contributed by atoms with E-state index in [1.807, 2.05) is 0 Å². The van der Waals surface area contributed by atoms with Gasteiger partial charge in [-0.3, -0.25) is 14.9 Å². The number of phenolic OH excluding ortho intramolecular Hbond substituents is 1. The number of carbonyl (C=O) groups excluding carboxylic acids is 1. The molecule has 0 fully saturated rings. The van der Waals surface area contributed by atoms with E-state index in [2.05, 4.69) is 10.5 Å². The third-order valence-corrected chi connectivity index (χ3v) is 2.30. The van der Waals surface area contributed by atoms with E-state index >= 15 is 0 Å². The molecule has 2 N–H and O–H groups in total. The van der Waals surface area contributed by atoms with Crippen molar-refractivity contribution in [1.82, 2.24) is 5.43 Å². The van der Waals surface area contributed by atoms with Gasteiger partial charge in [-0.2, -0.15) is 5.10 Å². The van der Waals surface area contributed by atoms with E-state index in [0.717, 1.165) is 6.21 Å². The lowest BCUT2D eigenvalue weighted by atomic mass is 10.2. The molecule has 0 saturated heterocycles. The topological polar surface area (TPSA) is 118 Å². The number of aromatic hydroxyl groups is 1. The lowest BCUT2D eigenvalue weighted by Crippen LogP contribution is -2.17. The Morgan fingerprint density at radius 2 is 2.10 bits per heavy atom. The van der Waals surface area contributed by atoms with E-state index in [0.29, 0.717) is 0 Å². The molecule has 8 nitrogen and oxygen atoms in total. The highest BCUT2D eigenvalue weighted by molar-refractivity contribution is 5.97. The summed E-state index contributed by atoms with van der Waals surface area (Å²) in [6.07, 6.45) is 1.12. The Morgan fingerprint density at radius 1 is 1.35 bits per heavy atom. The molecule has 0 atom stereocenters. The fourth-order valence-corrected chi connectivity index (χ4v) is 1.39. The molecular weight excluding hydrogens is 266 g/mol. The summed E-state index contributed by atoms with van der Waals surface area (Å²) in [5, 5.41) is 23.4. The Kier molecular flexibility index (Phi) is 3.75. The normalized spacial score (nSPS) is 10.6. The van der Waals surface area contributed by atoms with Crippen molar-refractivity contribution in [3.8, 4) is 5.75 Å². The van der Waals surface area contributed by atoms with Crippen LogP contribution in [0.1, 0.15) is 16.1 Å². The smallest absolute Gasteiger partial charge is 0.433 e. The van der Waals surface area contributed by atoms with Crippen LogP contribution in [0.15, 0.2) is 45.9 Å². The molecule has 1 heterocycles. The number of para-hydroxylation sites is 1. The monoisotopic (exact) mass is 275 g/mol. The van der Waals surface area contributed by atoms with Gasteiger partial charge in [0.15, 0.2) is 5.76 Å². The lowest BCUT2D eigenvalue weighted by molar-refractivity contribution is -0.402. The summed E-state index contributed by atoms with van der Waals surface area (Å²) in [7, 11) is 0. The SMILES string of the molecule is O=C(N/N=C/c1ccc([N+](=O)[O-])o1)c1ccccc1O. The number of phenols is 1. The molecular formula is C12H9N3O5. The number of nitro groups is 1. The third kappa shape index (κ3) is 2.99. The quantitative estimate of drug-likeness (QED) is 0.499. The molecule has 20 heavy (non-hydrogen) atoms. The highest BCUT2D eigenvalue weighted by Crippen LogP contribution is 2.15. The molecule has 1 aromatic heterocycles. The maximum absolute atomic E-state index is 11.6. The van der Waals surface area contributed by atoms with Crippen LogP contribution in [0.3, 0.4) is 0 Å². The second-order valence-corrected chi connectivity index (χ2v) is 3.65. The van der Waals surface area contributed by atoms with Gasteiger partial charge in [0, 0.05) is 0 Å². The summed E-state index contributed by atoms with van der Waals surface area (Å²) in [4.78, 5) is 21.4. The number of rotatable bonds is 4. The first-order valence-electron chi connectivity index (χ1n) is 5.43. The van der Waals surface area contributed by atoms with Gasteiger partial charge in [0.25, 0.3) is 5.91 Å². The summed E-state index contributed by atoms with van der Waals surface area (Å²) >= 11 is 0. The molecule has 2 aromatic rings. The molecule has 1 amide bonds. The van der Waals surface area contributed by atoms with E-state index < -0.39 is 16.7 Å². The Morgan fingerprint density at radius 3 is 2.75 bits per heavy atom. The zero-order valence-electron chi connectivity index (χ0n) is 10.0. The number of hydrogen-bond donors (Lipinski definition) is 2. The first-order chi connectivity index (χ1) is 9.58. The maximum atomic E-state index is 11.6. The van der Waals surface area contributed by atoms with Crippen LogP contribution in [-0.4, -0.2) is 22.2 Å². The lowest BCUT2D eigenvalue weighted by Gasteiger charge is -2.01. The van der Waals surface area contributed by atoms with E-state index in [1.54, 1.807) is 12.1 Å². The summed E-state index contributed by atoms with van der Waals surface area (Å²) in [6, 6.07) is 8.48. The number of nitrogens with one attached hydrogen (secondary N) is 1. The minimum atomic E-state index is -0.683. The average Bonchev–Trinajstić information content (AvgIpc) is 2.88. The number of furan rings is 1. The Bertz CT molecular complexity index is 677. The largest absolute Gasteiger partial charge is 0.507 e. The number of hydrazone groups is 1. The van der Waals surface area contributed by atoms with Crippen molar-refractivity contribution in [3.05, 3.63) is 57.8 Å². The van der Waals surface area contributed by atoms with E-state index in [9.17, 15) is 20.0 Å². The molecule has 0 aliphatic rings. The van der Waals surface area contributed by atoms with Gasteiger partial charge in [0.2, 0.25) is 0 Å². The number of hydrogen-bond acceptors (Lipinski definition) is 6. The fourth-order valence-electron chi connectivity index (χ4n) is 1.39. The minimum absolute atomic E-state index is 0.0649. The maximum Gasteiger partial charge on any atom is 0.433 e. The van der Waals surface area contributed by atoms with Crippen molar-refractivity contribution in [3.63, 3.8) is 0 Å². The van der Waals surface area contributed by atoms with Gasteiger partial charge in [-0.1, -0.05) is 12.1 Å². The molecule has 0 unspecified atom stereocenters. The van der Waals surface area contributed by atoms with Crippen LogP contribution in [0.5, 0.6) is 5.75 Å². The highest BCUT2D eigenvalue weighted by Gasteiger charge is 2.11. The van der Waals surface area contributed by atoms with E-state index in [4.69, 9.17) is 4.42 Å². The fraction of sp³-hybridized carbons (Fsp3) is 0. The van der Waals surface area contributed by atoms with Gasteiger partial charge >= 0.3 is 5.88 Å². The van der Waals surface area contributed by atoms with E-state index in [-0.39, 0.29) is 17.1 Å². The van der Waals surface area contributed by atoms with Crippen LogP contribution in [0.2, 0.25) is 0 Å². The zero-order valence-corrected chi connectivity index (χ0v) is 10.0. The number of carbonyl (C=O) groups is 1. The molecule has 0 aliphatic heterocycles. The van der Waals surface area contributed by atoms with Crippen molar-refractivity contribution in [1.29, 1.82) is 0 Å². The summed E-state index contributed by atoms with van der Waals surface area (Å²) < 4.78 is 4.81. The molecule has 0 radical (unpaired) electrons. The van der Waals surface area contributed by atoms with Crippen molar-refractivity contribution < 1.29 is 19.2 Å². The predicted octanol–water partition coefficient (Wildman–Crippen LogP) is 1.66. The van der Waals surface area contributed by atoms with E-state index in [1.165, 1.54) is 24.3 Å². The van der Waals surface area contributed by atoms with Gasteiger partial charge in [0.1, 0.15) is 10.7 Å². The van der Waals surface area contributed by atoms with Crippen LogP contribution < -0.4 is 5.43 Å². The predicted molar refractivity (Wildman–Crippen MR) is 68.5 cm³/mol. The number of amides is 1. The second kappa shape index (κ2) is 5.65. The van der Waals surface area contributed by atoms with Gasteiger partial charge in [-0.25, -0.2) is 5.43 Å². The molecule has 102 valence electrons. The molecule has 8 heteroatoms. The Hall–Kier alpha value is -3.16. The third-order valence-electron chi connectivity index (χ3n) is 2.30. The molecule has 1 aromatic carbocycles. The second-order valence-electron chi connectivity index (χ2n) is 3.65. The first kappa shape index (κ1) is 13.3. The van der Waals surface area contributed by atoms with Crippen LogP contribution in [-0.2, 0) is 0 Å². The Balaban J connectivity index is 2.01. The molecule has 0 aliphatic carbocycles. The van der Waals surface area contributed by atoms with Crippen molar-refractivity contribution in [2.45, 2.75) is 0 Å². The average molecular weight is 275 g/mol. The molecule has 0 saturated carbocycles. The van der Waals surface area contributed by atoms with Gasteiger partial charge in [-0.05, 0) is 18.2 Å². The molecule has 0 spiro atoms. The summed E-state index contributed by atoms with van der Waals surface area (Å²) in [5.41, 5.74) is 2.23. The zero-order chi connectivity index (χ0) is 14.5. The Labute approximate surface area is 112 Å². The standard InChI is InChI=1S/C12H9N3O5/c16-10-4-2-1-3-9(10)12(17)14-13-7-8-5-6-11(20-8)15(18)19/h1-7,16H,(H,14,17)/b13-7+. The van der Waals surface area contributed by atoms with Gasteiger partial charge in [0.05, 0.1) is 17.8 Å². The van der Waals surface area contributed by atoms with Crippen LogP contribution in [0.25, 0.3) is 0 Å². The molecule has 0 bridgehead atoms. The highest BCUT2D eigenvalue weighted by atomic mass is 16.6. The molecule has 2 rings (SSSR count). The number of nitrogens with zero attached hydrogens (tertiary/aromatic N) is 2. The van der Waals surface area contributed by atoms with Gasteiger partial charge < -0.3 is 9.52 Å². The van der Waals surface area contributed by atoms with Crippen LogP contribution in [0.4, 0.5) is 5.88 Å². The van der Waals surface area contributed by atoms with Crippen LogP contribution in [0, 0.1) is 10.1 Å². The minimum Gasteiger partial charge on any atom is -0.507 e. The summed E-state index contributed by atoms with van der Waals surface area (Å²) in [6.45, 7) is 0.